The largest absolute Gasteiger partial charge is 0.379 e. The second-order valence-electron chi connectivity index (χ2n) is 5.18. The van der Waals surface area contributed by atoms with E-state index in [0.717, 1.165) is 0 Å². The Hall–Kier alpha value is 0.0700. The van der Waals surface area contributed by atoms with Crippen molar-refractivity contribution < 1.29 is 0 Å². The minimum absolute atomic E-state index is 0.182. The fourth-order valence-electron chi connectivity index (χ4n) is 2.76. The first-order valence-electron chi connectivity index (χ1n) is 5.85. The van der Waals surface area contributed by atoms with Gasteiger partial charge in [0.2, 0.25) is 0 Å². The number of hydrogen-bond donors (Lipinski definition) is 1. The second kappa shape index (κ2) is 4.32. The molecule has 1 saturated heterocycles. The van der Waals surface area contributed by atoms with Crippen LogP contribution >= 0.6 is 33.3 Å². The molecule has 17 heavy (non-hydrogen) atoms. The highest BCUT2D eigenvalue weighted by atomic mass is 33.1. The summed E-state index contributed by atoms with van der Waals surface area (Å²) in [5.74, 6) is 0.674. The fourth-order valence-corrected chi connectivity index (χ4v) is 8.49. The Kier molecular flexibility index (Phi) is 3.08. The Morgan fingerprint density at radius 2 is 2.00 bits per heavy atom. The van der Waals surface area contributed by atoms with E-state index in [0.29, 0.717) is 15.7 Å². The predicted molar refractivity (Wildman–Crippen MR) is 83.2 cm³/mol. The zero-order valence-electron chi connectivity index (χ0n) is 10.3. The van der Waals surface area contributed by atoms with Crippen molar-refractivity contribution in [3.05, 3.63) is 29.8 Å². The molecule has 1 fully saturated rings. The molecule has 1 N–H and O–H groups in total. The highest BCUT2D eigenvalue weighted by Gasteiger charge is 2.49. The average Bonchev–Trinajstić information content (AvgIpc) is 2.73. The molecule has 0 saturated carbocycles. The van der Waals surface area contributed by atoms with Crippen molar-refractivity contribution >= 4 is 39.0 Å². The van der Waals surface area contributed by atoms with Crippen LogP contribution in [0.15, 0.2) is 24.3 Å². The van der Waals surface area contributed by atoms with Crippen molar-refractivity contribution in [1.82, 2.24) is 0 Å². The van der Waals surface area contributed by atoms with Crippen LogP contribution in [-0.2, 0) is 0 Å². The monoisotopic (exact) mass is 283 g/mol. The summed E-state index contributed by atoms with van der Waals surface area (Å²) in [5.41, 5.74) is 3.02. The Labute approximate surface area is 115 Å². The molecule has 4 heteroatoms. The van der Waals surface area contributed by atoms with Crippen LogP contribution in [-0.4, -0.2) is 21.6 Å². The van der Waals surface area contributed by atoms with Crippen LogP contribution in [0.1, 0.15) is 25.3 Å². The van der Waals surface area contributed by atoms with Crippen LogP contribution in [0.4, 0.5) is 5.69 Å². The van der Waals surface area contributed by atoms with Gasteiger partial charge in [0, 0.05) is 22.4 Å². The molecule has 2 aliphatic heterocycles. The lowest BCUT2D eigenvalue weighted by atomic mass is 9.81. The summed E-state index contributed by atoms with van der Waals surface area (Å²) >= 11 is 2.00. The molecule has 0 radical (unpaired) electrons. The molecular weight excluding hydrogens is 266 g/mol. The molecule has 0 bridgehead atoms. The minimum atomic E-state index is 0.182. The summed E-state index contributed by atoms with van der Waals surface area (Å²) < 4.78 is 0.688. The SMILES string of the molecule is CSC1SS[C@H]2[C@@H]1c1ccccc1NC2(C)C. The zero-order valence-corrected chi connectivity index (χ0v) is 12.7. The van der Waals surface area contributed by atoms with E-state index in [2.05, 4.69) is 71.3 Å². The molecule has 0 amide bonds. The van der Waals surface area contributed by atoms with Crippen molar-refractivity contribution in [3.63, 3.8) is 0 Å². The van der Waals surface area contributed by atoms with Crippen molar-refractivity contribution in [3.8, 4) is 0 Å². The standard InChI is InChI=1S/C13H17NS3/c1-13(2)11-10(12(15-3)17-16-11)8-6-4-5-7-9(8)14-13/h4-7,10-12,14H,1-3H3/t10-,11-,12?/m0/s1. The molecule has 0 spiro atoms. The third kappa shape index (κ3) is 1.89. The van der Waals surface area contributed by atoms with Crippen LogP contribution in [0.2, 0.25) is 0 Å². The number of benzene rings is 1. The van der Waals surface area contributed by atoms with E-state index in [-0.39, 0.29) is 5.54 Å². The van der Waals surface area contributed by atoms with E-state index in [4.69, 9.17) is 0 Å². The Bertz CT molecular complexity index is 432. The third-order valence-electron chi connectivity index (χ3n) is 3.59. The van der Waals surface area contributed by atoms with Gasteiger partial charge in [-0.3, -0.25) is 0 Å². The van der Waals surface area contributed by atoms with Crippen LogP contribution in [0.25, 0.3) is 0 Å². The van der Waals surface area contributed by atoms with Gasteiger partial charge in [-0.25, -0.2) is 0 Å². The molecule has 1 nitrogen and oxygen atoms in total. The van der Waals surface area contributed by atoms with E-state index in [9.17, 15) is 0 Å². The summed E-state index contributed by atoms with van der Waals surface area (Å²) in [4.78, 5) is 0. The third-order valence-corrected chi connectivity index (χ3v) is 8.84. The van der Waals surface area contributed by atoms with Crippen molar-refractivity contribution in [2.45, 2.75) is 35.1 Å². The Morgan fingerprint density at radius 3 is 2.76 bits per heavy atom. The van der Waals surface area contributed by atoms with Crippen molar-refractivity contribution in [2.24, 2.45) is 0 Å². The van der Waals surface area contributed by atoms with Gasteiger partial charge in [-0.05, 0) is 31.7 Å². The van der Waals surface area contributed by atoms with Gasteiger partial charge < -0.3 is 5.32 Å². The van der Waals surface area contributed by atoms with E-state index in [1.54, 1.807) is 0 Å². The number of fused-ring (bicyclic) bond motifs is 3. The summed E-state index contributed by atoms with van der Waals surface area (Å²) in [6.07, 6.45) is 2.23. The number of thioether (sulfide) groups is 1. The molecule has 3 rings (SSSR count). The summed E-state index contributed by atoms with van der Waals surface area (Å²) in [6, 6.07) is 8.82. The molecular formula is C13H17NS3. The van der Waals surface area contributed by atoms with E-state index < -0.39 is 0 Å². The summed E-state index contributed by atoms with van der Waals surface area (Å²) in [5, 5.41) is 4.38. The number of rotatable bonds is 1. The van der Waals surface area contributed by atoms with Gasteiger partial charge in [-0.15, -0.1) is 11.8 Å². The van der Waals surface area contributed by atoms with Crippen LogP contribution in [0.5, 0.6) is 0 Å². The van der Waals surface area contributed by atoms with Gasteiger partial charge in [0.1, 0.15) is 0 Å². The smallest absolute Gasteiger partial charge is 0.0684 e. The van der Waals surface area contributed by atoms with Gasteiger partial charge in [0.15, 0.2) is 0 Å². The van der Waals surface area contributed by atoms with E-state index in [1.165, 1.54) is 11.3 Å². The van der Waals surface area contributed by atoms with Gasteiger partial charge in [0.05, 0.1) is 4.58 Å². The molecule has 3 atom stereocenters. The van der Waals surface area contributed by atoms with Crippen molar-refractivity contribution in [2.75, 3.05) is 11.6 Å². The van der Waals surface area contributed by atoms with Gasteiger partial charge >= 0.3 is 0 Å². The highest BCUT2D eigenvalue weighted by Crippen LogP contribution is 2.61. The van der Waals surface area contributed by atoms with E-state index >= 15 is 0 Å². The Balaban J connectivity index is 2.09. The topological polar surface area (TPSA) is 12.0 Å². The lowest BCUT2D eigenvalue weighted by molar-refractivity contribution is 0.473. The molecule has 0 aromatic heterocycles. The van der Waals surface area contributed by atoms with Gasteiger partial charge in [0.25, 0.3) is 0 Å². The lowest BCUT2D eigenvalue weighted by Gasteiger charge is -2.43. The number of hydrogen-bond acceptors (Lipinski definition) is 4. The Morgan fingerprint density at radius 1 is 1.24 bits per heavy atom. The first-order valence-corrected chi connectivity index (χ1v) is 9.42. The van der Waals surface area contributed by atoms with Gasteiger partial charge in [-0.1, -0.05) is 39.8 Å². The first kappa shape index (κ1) is 12.1. The maximum absolute atomic E-state index is 3.71. The van der Waals surface area contributed by atoms with Gasteiger partial charge in [-0.2, -0.15) is 0 Å². The second-order valence-corrected chi connectivity index (χ2v) is 9.01. The maximum atomic E-state index is 3.71. The maximum Gasteiger partial charge on any atom is 0.0684 e. The van der Waals surface area contributed by atoms with E-state index in [1.807, 2.05) is 11.8 Å². The lowest BCUT2D eigenvalue weighted by Crippen LogP contribution is -2.48. The van der Waals surface area contributed by atoms with Crippen LogP contribution < -0.4 is 5.32 Å². The highest BCUT2D eigenvalue weighted by molar-refractivity contribution is 8.79. The average molecular weight is 283 g/mol. The van der Waals surface area contributed by atoms with Crippen LogP contribution in [0, 0.1) is 0 Å². The predicted octanol–water partition coefficient (Wildman–Crippen LogP) is 4.43. The fraction of sp³-hybridized carbons (Fsp3) is 0.538. The summed E-state index contributed by atoms with van der Waals surface area (Å²) in [7, 11) is 4.12. The van der Waals surface area contributed by atoms with Crippen molar-refractivity contribution in [1.29, 1.82) is 0 Å². The normalized spacial score (nSPS) is 33.7. The molecule has 2 heterocycles. The minimum Gasteiger partial charge on any atom is -0.379 e. The molecule has 1 aromatic carbocycles. The molecule has 1 unspecified atom stereocenters. The molecule has 92 valence electrons. The molecule has 1 aromatic rings. The molecule has 2 aliphatic rings. The first-order chi connectivity index (χ1) is 8.13. The number of anilines is 1. The zero-order chi connectivity index (χ0) is 12.0. The van der Waals surface area contributed by atoms with Crippen LogP contribution in [0.3, 0.4) is 0 Å². The number of para-hydroxylation sites is 1. The number of nitrogens with one attached hydrogen (secondary N) is 1. The molecule has 0 aliphatic carbocycles. The quantitative estimate of drug-likeness (QED) is 0.765. The summed E-state index contributed by atoms with van der Waals surface area (Å²) in [6.45, 7) is 4.66.